The van der Waals surface area contributed by atoms with Crippen LogP contribution in [0.25, 0.3) is 0 Å². The predicted octanol–water partition coefficient (Wildman–Crippen LogP) is 4.13. The number of esters is 1. The maximum Gasteiger partial charge on any atom is 0.410 e. The second-order valence-electron chi connectivity index (χ2n) is 8.01. The Bertz CT molecular complexity index is 767. The first-order chi connectivity index (χ1) is 13.0. The van der Waals surface area contributed by atoms with E-state index in [0.717, 1.165) is 6.29 Å². The number of carbonyl (C=O) groups is 3. The molecule has 0 saturated carbocycles. The quantitative estimate of drug-likeness (QED) is 0.501. The fourth-order valence-corrected chi connectivity index (χ4v) is 3.67. The standard InChI is InChI=1S/C20H25BrFNO5/c1-19(2,3)28-18(26)23-9-7-20(12-24,8-10-23)11-13-5-6-14(21)15(16(13)22)17(25)27-4/h5-6,12H,7-11H2,1-4H3. The highest BCUT2D eigenvalue weighted by molar-refractivity contribution is 9.10. The summed E-state index contributed by atoms with van der Waals surface area (Å²) in [4.78, 5) is 37.5. The van der Waals surface area contributed by atoms with E-state index in [9.17, 15) is 18.8 Å². The summed E-state index contributed by atoms with van der Waals surface area (Å²) in [5, 5.41) is 0. The lowest BCUT2D eigenvalue weighted by Crippen LogP contribution is -2.46. The Hall–Kier alpha value is -1.96. The average Bonchev–Trinajstić information content (AvgIpc) is 2.63. The molecule has 0 aromatic heterocycles. The molecule has 1 amide bonds. The van der Waals surface area contributed by atoms with Crippen LogP contribution in [0.3, 0.4) is 0 Å². The molecule has 6 nitrogen and oxygen atoms in total. The van der Waals surface area contributed by atoms with Crippen molar-refractivity contribution in [3.63, 3.8) is 0 Å². The number of amides is 1. The lowest BCUT2D eigenvalue weighted by Gasteiger charge is -2.38. The van der Waals surface area contributed by atoms with Crippen LogP contribution < -0.4 is 0 Å². The third kappa shape index (κ3) is 5.10. The summed E-state index contributed by atoms with van der Waals surface area (Å²) in [6.07, 6.45) is 1.33. The molecule has 28 heavy (non-hydrogen) atoms. The number of ether oxygens (including phenoxy) is 2. The highest BCUT2D eigenvalue weighted by Crippen LogP contribution is 2.36. The average molecular weight is 458 g/mol. The smallest absolute Gasteiger partial charge is 0.410 e. The minimum Gasteiger partial charge on any atom is -0.465 e. The van der Waals surface area contributed by atoms with E-state index >= 15 is 0 Å². The summed E-state index contributed by atoms with van der Waals surface area (Å²) in [7, 11) is 1.18. The molecule has 0 spiro atoms. The van der Waals surface area contributed by atoms with Crippen molar-refractivity contribution in [1.82, 2.24) is 4.90 Å². The van der Waals surface area contributed by atoms with Gasteiger partial charge < -0.3 is 19.2 Å². The minimum absolute atomic E-state index is 0.141. The normalized spacial score (nSPS) is 16.4. The second kappa shape index (κ2) is 8.59. The molecule has 0 bridgehead atoms. The zero-order chi connectivity index (χ0) is 21.1. The van der Waals surface area contributed by atoms with Gasteiger partial charge in [-0.25, -0.2) is 14.0 Å². The van der Waals surface area contributed by atoms with Gasteiger partial charge in [-0.05, 0) is 67.6 Å². The van der Waals surface area contributed by atoms with Crippen LogP contribution in [0.5, 0.6) is 0 Å². The maximum absolute atomic E-state index is 14.9. The SMILES string of the molecule is COC(=O)c1c(Br)ccc(CC2(C=O)CCN(C(=O)OC(C)(C)C)CC2)c1F. The van der Waals surface area contributed by atoms with Gasteiger partial charge in [-0.1, -0.05) is 6.07 Å². The number of rotatable bonds is 4. The summed E-state index contributed by atoms with van der Waals surface area (Å²) < 4.78 is 25.2. The van der Waals surface area contributed by atoms with Gasteiger partial charge in [0.1, 0.15) is 23.3 Å². The number of aldehydes is 1. The van der Waals surface area contributed by atoms with Gasteiger partial charge in [0.25, 0.3) is 0 Å². The van der Waals surface area contributed by atoms with Gasteiger partial charge in [0.2, 0.25) is 0 Å². The van der Waals surface area contributed by atoms with Crippen LogP contribution in [-0.4, -0.2) is 49.0 Å². The fraction of sp³-hybridized carbons (Fsp3) is 0.550. The molecule has 2 rings (SSSR count). The van der Waals surface area contributed by atoms with E-state index < -0.39 is 28.9 Å². The number of hydrogen-bond donors (Lipinski definition) is 0. The van der Waals surface area contributed by atoms with Gasteiger partial charge in [-0.2, -0.15) is 0 Å². The molecular weight excluding hydrogens is 433 g/mol. The summed E-state index contributed by atoms with van der Waals surface area (Å²) in [6.45, 7) is 6.06. The van der Waals surface area contributed by atoms with E-state index in [4.69, 9.17) is 4.74 Å². The van der Waals surface area contributed by atoms with Crippen molar-refractivity contribution in [2.24, 2.45) is 5.41 Å². The van der Waals surface area contributed by atoms with Gasteiger partial charge >= 0.3 is 12.1 Å². The van der Waals surface area contributed by atoms with Crippen LogP contribution >= 0.6 is 15.9 Å². The molecule has 1 aromatic rings. The molecule has 1 saturated heterocycles. The Morgan fingerprint density at radius 3 is 2.39 bits per heavy atom. The molecule has 0 N–H and O–H groups in total. The fourth-order valence-electron chi connectivity index (χ4n) is 3.20. The molecule has 1 aliphatic rings. The van der Waals surface area contributed by atoms with Crippen molar-refractivity contribution in [1.29, 1.82) is 0 Å². The first-order valence-electron chi connectivity index (χ1n) is 9.01. The Labute approximate surface area is 172 Å². The van der Waals surface area contributed by atoms with Crippen molar-refractivity contribution >= 4 is 34.3 Å². The minimum atomic E-state index is -0.805. The van der Waals surface area contributed by atoms with Crippen LogP contribution in [0.2, 0.25) is 0 Å². The first-order valence-corrected chi connectivity index (χ1v) is 9.81. The first kappa shape index (κ1) is 22.3. The predicted molar refractivity (Wildman–Crippen MR) is 105 cm³/mol. The van der Waals surface area contributed by atoms with Gasteiger partial charge in [-0.15, -0.1) is 0 Å². The van der Waals surface area contributed by atoms with Gasteiger partial charge in [0, 0.05) is 23.0 Å². The summed E-state index contributed by atoms with van der Waals surface area (Å²) in [5.41, 5.74) is -1.32. The van der Waals surface area contributed by atoms with Gasteiger partial charge in [-0.3, -0.25) is 0 Å². The second-order valence-corrected chi connectivity index (χ2v) is 8.87. The molecule has 8 heteroatoms. The zero-order valence-corrected chi connectivity index (χ0v) is 18.1. The van der Waals surface area contributed by atoms with Crippen molar-refractivity contribution in [2.75, 3.05) is 20.2 Å². The van der Waals surface area contributed by atoms with E-state index in [1.165, 1.54) is 7.11 Å². The Kier molecular flexibility index (Phi) is 6.85. The molecule has 0 unspecified atom stereocenters. The summed E-state index contributed by atoms with van der Waals surface area (Å²) >= 11 is 3.16. The number of piperidine rings is 1. The van der Waals surface area contributed by atoms with Crippen LogP contribution in [0.1, 0.15) is 49.5 Å². The molecular formula is C20H25BrFNO5. The number of likely N-dealkylation sites (tertiary alicyclic amines) is 1. The molecule has 1 aliphatic heterocycles. The molecule has 154 valence electrons. The van der Waals surface area contributed by atoms with E-state index in [-0.39, 0.29) is 17.5 Å². The molecule has 1 fully saturated rings. The number of benzene rings is 1. The molecule has 0 aliphatic carbocycles. The monoisotopic (exact) mass is 457 g/mol. The number of hydrogen-bond acceptors (Lipinski definition) is 5. The highest BCUT2D eigenvalue weighted by atomic mass is 79.9. The third-order valence-corrected chi connectivity index (χ3v) is 5.42. The summed E-state index contributed by atoms with van der Waals surface area (Å²) in [5.74, 6) is -1.48. The lowest BCUT2D eigenvalue weighted by atomic mass is 9.75. The Morgan fingerprint density at radius 2 is 1.89 bits per heavy atom. The van der Waals surface area contributed by atoms with E-state index in [0.29, 0.717) is 30.4 Å². The highest BCUT2D eigenvalue weighted by Gasteiger charge is 2.38. The van der Waals surface area contributed by atoms with E-state index in [2.05, 4.69) is 20.7 Å². The topological polar surface area (TPSA) is 72.9 Å². The largest absolute Gasteiger partial charge is 0.465 e. The van der Waals surface area contributed by atoms with Crippen LogP contribution in [0, 0.1) is 11.2 Å². The van der Waals surface area contributed by atoms with Crippen LogP contribution in [0.4, 0.5) is 9.18 Å². The molecule has 0 atom stereocenters. The molecule has 0 radical (unpaired) electrons. The number of nitrogens with zero attached hydrogens (tertiary/aromatic N) is 1. The molecule has 1 aromatic carbocycles. The van der Waals surface area contributed by atoms with Crippen molar-refractivity contribution in [3.8, 4) is 0 Å². The van der Waals surface area contributed by atoms with Gasteiger partial charge in [0.05, 0.1) is 7.11 Å². The Balaban J connectivity index is 2.17. The molecule has 1 heterocycles. The number of carbonyl (C=O) groups excluding carboxylic acids is 3. The lowest BCUT2D eigenvalue weighted by molar-refractivity contribution is -0.118. The van der Waals surface area contributed by atoms with Crippen molar-refractivity contribution < 1.29 is 28.2 Å². The van der Waals surface area contributed by atoms with Crippen LogP contribution in [-0.2, 0) is 20.7 Å². The van der Waals surface area contributed by atoms with Gasteiger partial charge in [0.15, 0.2) is 0 Å². The van der Waals surface area contributed by atoms with E-state index in [1.807, 2.05) is 0 Å². The number of halogens is 2. The summed E-state index contributed by atoms with van der Waals surface area (Å²) in [6, 6.07) is 3.12. The van der Waals surface area contributed by atoms with Crippen molar-refractivity contribution in [2.45, 2.75) is 45.6 Å². The van der Waals surface area contributed by atoms with Crippen molar-refractivity contribution in [3.05, 3.63) is 33.5 Å². The maximum atomic E-state index is 14.9. The Morgan fingerprint density at radius 1 is 1.29 bits per heavy atom. The number of methoxy groups -OCH3 is 1. The zero-order valence-electron chi connectivity index (χ0n) is 16.5. The van der Waals surface area contributed by atoms with Crippen LogP contribution in [0.15, 0.2) is 16.6 Å². The van der Waals surface area contributed by atoms with E-state index in [1.54, 1.807) is 37.8 Å². The third-order valence-electron chi connectivity index (χ3n) is 4.76.